The van der Waals surface area contributed by atoms with E-state index >= 15 is 0 Å². The first-order valence-electron chi connectivity index (χ1n) is 10.3. The molecule has 2 amide bonds. The minimum Gasteiger partial charge on any atom is -0.507 e. The molecular weight excluding hydrogens is 477 g/mol. The van der Waals surface area contributed by atoms with Crippen LogP contribution in [0.25, 0.3) is 0 Å². The van der Waals surface area contributed by atoms with Crippen molar-refractivity contribution in [1.29, 1.82) is 5.26 Å². The van der Waals surface area contributed by atoms with E-state index in [1.165, 1.54) is 55.8 Å². The van der Waals surface area contributed by atoms with Crippen LogP contribution in [0.5, 0.6) is 11.5 Å². The Morgan fingerprint density at radius 1 is 1.14 bits per heavy atom. The van der Waals surface area contributed by atoms with Crippen LogP contribution in [0.3, 0.4) is 0 Å². The number of nitrogens with zero attached hydrogens (tertiary/aromatic N) is 2. The van der Waals surface area contributed by atoms with Crippen molar-refractivity contribution >= 4 is 23.7 Å². The number of phenols is 1. The molecule has 0 saturated carbocycles. The molecule has 184 valence electrons. The molecule has 0 heterocycles. The molecule has 3 rings (SSSR count). The van der Waals surface area contributed by atoms with Gasteiger partial charge in [-0.05, 0) is 42.0 Å². The molecular formula is C25H19F3N4O4. The molecule has 0 saturated heterocycles. The molecule has 0 aliphatic carbocycles. The Hall–Kier alpha value is -4.85. The third-order valence-electron chi connectivity index (χ3n) is 4.89. The van der Waals surface area contributed by atoms with E-state index in [4.69, 9.17) is 10.00 Å². The van der Waals surface area contributed by atoms with Gasteiger partial charge in [-0.15, -0.1) is 0 Å². The number of carbonyl (C=O) groups excluding carboxylic acids is 2. The number of amides is 2. The van der Waals surface area contributed by atoms with Crippen molar-refractivity contribution in [3.8, 4) is 17.6 Å². The zero-order valence-electron chi connectivity index (χ0n) is 18.8. The Kier molecular flexibility index (Phi) is 7.91. The number of nitriles is 1. The van der Waals surface area contributed by atoms with E-state index in [0.29, 0.717) is 17.0 Å². The molecule has 0 aliphatic rings. The number of carbonyl (C=O) groups is 2. The SMILES string of the molecule is COc1cc(NC(=O)Cc2cccc(C(F)(F)F)c2)ccc1C=NNC(=O)c1ccc(O)c(C#N)c1. The van der Waals surface area contributed by atoms with Gasteiger partial charge in [0.05, 0.1) is 30.9 Å². The molecule has 0 fully saturated rings. The van der Waals surface area contributed by atoms with Gasteiger partial charge in [0, 0.05) is 22.9 Å². The first-order chi connectivity index (χ1) is 17.1. The molecule has 0 spiro atoms. The highest BCUT2D eigenvalue weighted by Crippen LogP contribution is 2.29. The number of ether oxygens (including phenoxy) is 1. The molecule has 8 nitrogen and oxygen atoms in total. The monoisotopic (exact) mass is 496 g/mol. The largest absolute Gasteiger partial charge is 0.507 e. The van der Waals surface area contributed by atoms with Crippen LogP contribution in [0.4, 0.5) is 18.9 Å². The van der Waals surface area contributed by atoms with Crippen LogP contribution in [0.2, 0.25) is 0 Å². The smallest absolute Gasteiger partial charge is 0.416 e. The van der Waals surface area contributed by atoms with Crippen LogP contribution in [-0.4, -0.2) is 30.2 Å². The number of methoxy groups -OCH3 is 1. The number of anilines is 1. The maximum atomic E-state index is 12.9. The Balaban J connectivity index is 1.65. The minimum absolute atomic E-state index is 0.0565. The zero-order valence-corrected chi connectivity index (χ0v) is 18.8. The average Bonchev–Trinajstić information content (AvgIpc) is 2.84. The van der Waals surface area contributed by atoms with Crippen molar-refractivity contribution < 1.29 is 32.6 Å². The van der Waals surface area contributed by atoms with Crippen LogP contribution in [0.1, 0.15) is 32.6 Å². The van der Waals surface area contributed by atoms with Gasteiger partial charge in [-0.2, -0.15) is 23.5 Å². The van der Waals surface area contributed by atoms with E-state index in [-0.39, 0.29) is 28.9 Å². The number of halogens is 3. The van der Waals surface area contributed by atoms with Crippen molar-refractivity contribution in [1.82, 2.24) is 5.43 Å². The highest BCUT2D eigenvalue weighted by molar-refractivity contribution is 5.96. The number of benzene rings is 3. The number of hydrazone groups is 1. The number of rotatable bonds is 7. The van der Waals surface area contributed by atoms with Crippen LogP contribution in [0, 0.1) is 11.3 Å². The van der Waals surface area contributed by atoms with E-state index in [9.17, 15) is 27.9 Å². The van der Waals surface area contributed by atoms with Crippen molar-refractivity contribution in [2.24, 2.45) is 5.10 Å². The third-order valence-corrected chi connectivity index (χ3v) is 4.89. The summed E-state index contributed by atoms with van der Waals surface area (Å²) >= 11 is 0. The van der Waals surface area contributed by atoms with Crippen molar-refractivity contribution in [3.05, 3.63) is 88.5 Å². The summed E-state index contributed by atoms with van der Waals surface area (Å²) in [5, 5.41) is 24.9. The second kappa shape index (κ2) is 11.1. The quantitative estimate of drug-likeness (QED) is 0.334. The van der Waals surface area contributed by atoms with E-state index in [1.807, 2.05) is 0 Å². The van der Waals surface area contributed by atoms with Gasteiger partial charge in [0.25, 0.3) is 5.91 Å². The summed E-state index contributed by atoms with van der Waals surface area (Å²) in [6.45, 7) is 0. The van der Waals surface area contributed by atoms with Gasteiger partial charge in [0.15, 0.2) is 0 Å². The lowest BCUT2D eigenvalue weighted by Gasteiger charge is -2.11. The van der Waals surface area contributed by atoms with Crippen LogP contribution in [-0.2, 0) is 17.4 Å². The summed E-state index contributed by atoms with van der Waals surface area (Å²) in [4.78, 5) is 24.5. The summed E-state index contributed by atoms with van der Waals surface area (Å²) in [7, 11) is 1.39. The Morgan fingerprint density at radius 2 is 1.92 bits per heavy atom. The summed E-state index contributed by atoms with van der Waals surface area (Å²) in [5.41, 5.74) is 2.54. The fourth-order valence-electron chi connectivity index (χ4n) is 3.14. The van der Waals surface area contributed by atoms with E-state index in [2.05, 4.69) is 15.8 Å². The lowest BCUT2D eigenvalue weighted by Crippen LogP contribution is -2.17. The second-order valence-corrected chi connectivity index (χ2v) is 7.42. The highest BCUT2D eigenvalue weighted by Gasteiger charge is 2.30. The summed E-state index contributed by atoms with van der Waals surface area (Å²) in [5.74, 6) is -1.07. The number of phenolic OH excluding ortho intramolecular Hbond substituents is 1. The second-order valence-electron chi connectivity index (χ2n) is 7.42. The molecule has 0 bridgehead atoms. The van der Waals surface area contributed by atoms with Gasteiger partial charge >= 0.3 is 6.18 Å². The van der Waals surface area contributed by atoms with Gasteiger partial charge in [0.2, 0.25) is 5.91 Å². The zero-order chi connectivity index (χ0) is 26.3. The van der Waals surface area contributed by atoms with Gasteiger partial charge in [0.1, 0.15) is 17.6 Å². The summed E-state index contributed by atoms with van der Waals surface area (Å²) in [6, 6.07) is 14.7. The molecule has 0 aliphatic heterocycles. The van der Waals surface area contributed by atoms with Crippen LogP contribution < -0.4 is 15.5 Å². The molecule has 3 aromatic carbocycles. The molecule has 0 radical (unpaired) electrons. The molecule has 36 heavy (non-hydrogen) atoms. The van der Waals surface area contributed by atoms with Crippen molar-refractivity contribution in [2.45, 2.75) is 12.6 Å². The predicted octanol–water partition coefficient (Wildman–Crippen LogP) is 4.24. The molecule has 0 unspecified atom stereocenters. The van der Waals surface area contributed by atoms with Crippen molar-refractivity contribution in [3.63, 3.8) is 0 Å². The van der Waals surface area contributed by atoms with Gasteiger partial charge in [-0.25, -0.2) is 5.43 Å². The average molecular weight is 496 g/mol. The molecule has 0 atom stereocenters. The molecule has 0 aromatic heterocycles. The molecule has 3 aromatic rings. The minimum atomic E-state index is -4.50. The van der Waals surface area contributed by atoms with Crippen molar-refractivity contribution in [2.75, 3.05) is 12.4 Å². The molecule has 3 N–H and O–H groups in total. The Bertz CT molecular complexity index is 1360. The summed E-state index contributed by atoms with van der Waals surface area (Å²) in [6.07, 6.45) is -3.46. The number of alkyl halides is 3. The Labute approximate surface area is 203 Å². The summed E-state index contributed by atoms with van der Waals surface area (Å²) < 4.78 is 43.9. The molecule has 11 heteroatoms. The first-order valence-corrected chi connectivity index (χ1v) is 10.3. The normalized spacial score (nSPS) is 11.1. The Morgan fingerprint density at radius 3 is 2.61 bits per heavy atom. The van der Waals surface area contributed by atoms with Gasteiger partial charge < -0.3 is 15.2 Å². The van der Waals surface area contributed by atoms with E-state index < -0.39 is 23.6 Å². The number of aromatic hydroxyl groups is 1. The highest BCUT2D eigenvalue weighted by atomic mass is 19.4. The maximum absolute atomic E-state index is 12.9. The van der Waals surface area contributed by atoms with Crippen LogP contribution in [0.15, 0.2) is 65.8 Å². The topological polar surface area (TPSA) is 124 Å². The first kappa shape index (κ1) is 25.8. The van der Waals surface area contributed by atoms with Crippen LogP contribution >= 0.6 is 0 Å². The van der Waals surface area contributed by atoms with Gasteiger partial charge in [-0.3, -0.25) is 9.59 Å². The maximum Gasteiger partial charge on any atom is 0.416 e. The van der Waals surface area contributed by atoms with E-state index in [0.717, 1.165) is 12.1 Å². The number of nitrogens with one attached hydrogen (secondary N) is 2. The van der Waals surface area contributed by atoms with E-state index in [1.54, 1.807) is 12.1 Å². The van der Waals surface area contributed by atoms with Gasteiger partial charge in [-0.1, -0.05) is 18.2 Å². The lowest BCUT2D eigenvalue weighted by molar-refractivity contribution is -0.137. The lowest BCUT2D eigenvalue weighted by atomic mass is 10.1. The third kappa shape index (κ3) is 6.60. The fraction of sp³-hybridized carbons (Fsp3) is 0.120. The standard InChI is InChI=1S/C25H19F3N4O4/c1-36-22-12-20(31-23(34)10-15-3-2-4-19(9-15)25(26,27)28)7-5-17(22)14-30-32-24(35)16-6-8-21(33)18(11-16)13-29/h2-9,11-12,14,33H,10H2,1H3,(H,31,34)(H,32,35). The number of hydrogen-bond donors (Lipinski definition) is 3. The number of hydrogen-bond acceptors (Lipinski definition) is 6. The fourth-order valence-corrected chi connectivity index (χ4v) is 3.14. The predicted molar refractivity (Wildman–Crippen MR) is 125 cm³/mol.